The van der Waals surface area contributed by atoms with Gasteiger partial charge in [0.2, 0.25) is 0 Å². The van der Waals surface area contributed by atoms with Crippen LogP contribution < -0.4 is 16.0 Å². The summed E-state index contributed by atoms with van der Waals surface area (Å²) in [6.07, 6.45) is 2.69. The molecule has 23 heavy (non-hydrogen) atoms. The normalized spacial score (nSPS) is 10.6. The van der Waals surface area contributed by atoms with Gasteiger partial charge in [0.1, 0.15) is 0 Å². The molecule has 0 atom stereocenters. The van der Waals surface area contributed by atoms with Crippen LogP contribution >= 0.6 is 23.2 Å². The summed E-state index contributed by atoms with van der Waals surface area (Å²) < 4.78 is 5.24. The van der Waals surface area contributed by atoms with Gasteiger partial charge in [-0.15, -0.1) is 0 Å². The molecule has 0 aliphatic carbocycles. The molecule has 3 N–H and O–H groups in total. The van der Waals surface area contributed by atoms with E-state index in [4.69, 9.17) is 33.8 Å². The highest BCUT2D eigenvalue weighted by Gasteiger charge is 2.15. The Bertz CT molecular complexity index is 738. The van der Waals surface area contributed by atoms with E-state index in [1.165, 1.54) is 24.3 Å². The second-order valence-electron chi connectivity index (χ2n) is 4.41. The van der Waals surface area contributed by atoms with E-state index in [-0.39, 0.29) is 15.8 Å². The fraction of sp³-hybridized carbons (Fsp3) is 0. The number of carbonyl (C=O) groups excluding carboxylic acids is 2. The molecule has 0 fully saturated rings. The number of carbonyl (C=O) groups is 2. The Hall–Kier alpha value is -2.34. The van der Waals surface area contributed by atoms with Crippen molar-refractivity contribution in [3.8, 4) is 5.75 Å². The maximum absolute atomic E-state index is 12.0. The van der Waals surface area contributed by atoms with Gasteiger partial charge >= 0.3 is 5.97 Å². The number of nitrogens with two attached hydrogens (primary N) is 1. The van der Waals surface area contributed by atoms with Gasteiger partial charge in [0.25, 0.3) is 5.91 Å². The lowest BCUT2D eigenvalue weighted by atomic mass is 10.2. The van der Waals surface area contributed by atoms with Gasteiger partial charge in [-0.1, -0.05) is 41.4 Å². The van der Waals surface area contributed by atoms with Gasteiger partial charge in [0.05, 0.1) is 15.6 Å². The first-order valence-corrected chi connectivity index (χ1v) is 7.22. The number of hydrogen-bond acceptors (Lipinski definition) is 4. The molecule has 1 amide bonds. The summed E-state index contributed by atoms with van der Waals surface area (Å²) in [5, 5.41) is 0.296. The zero-order valence-corrected chi connectivity index (χ0v) is 13.3. The van der Waals surface area contributed by atoms with Crippen LogP contribution in [0.3, 0.4) is 0 Å². The first-order chi connectivity index (χ1) is 11.0. The predicted molar refractivity (Wildman–Crippen MR) is 89.2 cm³/mol. The van der Waals surface area contributed by atoms with Crippen molar-refractivity contribution in [1.29, 1.82) is 0 Å². The van der Waals surface area contributed by atoms with Crippen molar-refractivity contribution in [3.05, 3.63) is 69.7 Å². The molecule has 0 saturated heterocycles. The predicted octanol–water partition coefficient (Wildman–Crippen LogP) is 3.22. The van der Waals surface area contributed by atoms with Gasteiger partial charge in [-0.2, -0.15) is 0 Å². The van der Waals surface area contributed by atoms with Crippen molar-refractivity contribution in [3.63, 3.8) is 0 Å². The third-order valence-corrected chi connectivity index (χ3v) is 3.36. The molecule has 0 aliphatic heterocycles. The van der Waals surface area contributed by atoms with Crippen LogP contribution in [-0.2, 0) is 4.79 Å². The van der Waals surface area contributed by atoms with Gasteiger partial charge in [0.15, 0.2) is 5.75 Å². The lowest BCUT2D eigenvalue weighted by Crippen LogP contribution is -2.27. The topological polar surface area (TPSA) is 81.4 Å². The molecule has 2 aromatic rings. The van der Waals surface area contributed by atoms with E-state index in [1.54, 1.807) is 30.3 Å². The van der Waals surface area contributed by atoms with Gasteiger partial charge in [-0.05, 0) is 35.9 Å². The third kappa shape index (κ3) is 4.56. The number of rotatable bonds is 4. The lowest BCUT2D eigenvalue weighted by molar-refractivity contribution is -0.116. The summed E-state index contributed by atoms with van der Waals surface area (Å²) in [5.74, 6) is 3.98. The second-order valence-corrected chi connectivity index (χ2v) is 5.23. The summed E-state index contributed by atoms with van der Waals surface area (Å²) in [6.45, 7) is 0. The first-order valence-electron chi connectivity index (χ1n) is 6.46. The maximum atomic E-state index is 12.0. The molecular weight excluding hydrogens is 339 g/mol. The highest BCUT2D eigenvalue weighted by atomic mass is 35.5. The quantitative estimate of drug-likeness (QED) is 0.221. The molecule has 0 heterocycles. The molecule has 0 saturated carbocycles. The summed E-state index contributed by atoms with van der Waals surface area (Å²) >= 11 is 12.2. The lowest BCUT2D eigenvalue weighted by Gasteiger charge is -2.09. The third-order valence-electron chi connectivity index (χ3n) is 2.79. The van der Waals surface area contributed by atoms with E-state index in [0.717, 1.165) is 0 Å². The number of ether oxygens (including phenoxy) is 1. The van der Waals surface area contributed by atoms with Gasteiger partial charge < -0.3 is 4.74 Å². The molecule has 0 unspecified atom stereocenters. The van der Waals surface area contributed by atoms with Gasteiger partial charge in [-0.3, -0.25) is 10.2 Å². The number of benzene rings is 2. The SMILES string of the molecule is NNC(=O)/C=C/c1cc(Cl)c(OC(=O)c2ccccc2)c(Cl)c1. The van der Waals surface area contributed by atoms with E-state index in [1.807, 2.05) is 5.43 Å². The minimum Gasteiger partial charge on any atom is -0.420 e. The molecule has 0 bridgehead atoms. The Balaban J connectivity index is 2.22. The Morgan fingerprint density at radius 3 is 2.26 bits per heavy atom. The average molecular weight is 351 g/mol. The van der Waals surface area contributed by atoms with Crippen LogP contribution in [-0.4, -0.2) is 11.9 Å². The minimum absolute atomic E-state index is 0.0580. The molecule has 0 spiro atoms. The Labute approximate surface area is 142 Å². The molecule has 0 radical (unpaired) electrons. The van der Waals surface area contributed by atoms with Crippen molar-refractivity contribution >= 4 is 41.2 Å². The summed E-state index contributed by atoms with van der Waals surface area (Å²) in [4.78, 5) is 23.1. The van der Waals surface area contributed by atoms with Crippen molar-refractivity contribution in [2.24, 2.45) is 5.84 Å². The van der Waals surface area contributed by atoms with Gasteiger partial charge in [-0.25, -0.2) is 10.6 Å². The fourth-order valence-corrected chi connectivity index (χ4v) is 2.30. The number of halogens is 2. The van der Waals surface area contributed by atoms with Crippen LogP contribution in [0.2, 0.25) is 10.0 Å². The summed E-state index contributed by atoms with van der Waals surface area (Å²) in [7, 11) is 0. The number of esters is 1. The second kappa shape index (κ2) is 7.78. The standard InChI is InChI=1S/C16H12Cl2N2O3/c17-12-8-10(6-7-14(21)20-19)9-13(18)15(12)23-16(22)11-4-2-1-3-5-11/h1-9H,19H2,(H,20,21)/b7-6+. The maximum Gasteiger partial charge on any atom is 0.343 e. The Morgan fingerprint density at radius 1 is 1.09 bits per heavy atom. The molecule has 2 rings (SSSR count). The van der Waals surface area contributed by atoms with Crippen LogP contribution in [0.15, 0.2) is 48.5 Å². The molecule has 0 aromatic heterocycles. The molecular formula is C16H12Cl2N2O3. The van der Waals surface area contributed by atoms with Crippen molar-refractivity contribution < 1.29 is 14.3 Å². The fourth-order valence-electron chi connectivity index (χ4n) is 1.72. The average Bonchev–Trinajstić information content (AvgIpc) is 2.56. The Morgan fingerprint density at radius 2 is 1.70 bits per heavy atom. The summed E-state index contributed by atoms with van der Waals surface area (Å²) in [6, 6.07) is 11.5. The van der Waals surface area contributed by atoms with E-state index < -0.39 is 11.9 Å². The smallest absolute Gasteiger partial charge is 0.343 e. The highest BCUT2D eigenvalue weighted by Crippen LogP contribution is 2.35. The van der Waals surface area contributed by atoms with Crippen molar-refractivity contribution in [2.75, 3.05) is 0 Å². The van der Waals surface area contributed by atoms with Gasteiger partial charge in [0, 0.05) is 6.08 Å². The zero-order valence-electron chi connectivity index (χ0n) is 11.8. The van der Waals surface area contributed by atoms with E-state index >= 15 is 0 Å². The molecule has 2 aromatic carbocycles. The summed E-state index contributed by atoms with van der Waals surface area (Å²) in [5.41, 5.74) is 2.90. The molecule has 7 heteroatoms. The minimum atomic E-state index is -0.569. The monoisotopic (exact) mass is 350 g/mol. The molecule has 0 aliphatic rings. The van der Waals surface area contributed by atoms with E-state index in [2.05, 4.69) is 0 Å². The van der Waals surface area contributed by atoms with Crippen LogP contribution in [0, 0.1) is 0 Å². The number of hydrogen-bond donors (Lipinski definition) is 2. The number of nitrogens with one attached hydrogen (secondary N) is 1. The van der Waals surface area contributed by atoms with Crippen LogP contribution in [0.25, 0.3) is 6.08 Å². The van der Waals surface area contributed by atoms with E-state index in [0.29, 0.717) is 11.1 Å². The number of hydrazine groups is 1. The number of amides is 1. The van der Waals surface area contributed by atoms with Crippen LogP contribution in [0.5, 0.6) is 5.75 Å². The molecule has 5 nitrogen and oxygen atoms in total. The Kier molecular flexibility index (Phi) is 5.76. The largest absolute Gasteiger partial charge is 0.420 e. The molecule has 118 valence electrons. The highest BCUT2D eigenvalue weighted by molar-refractivity contribution is 6.37. The van der Waals surface area contributed by atoms with Crippen LogP contribution in [0.4, 0.5) is 0 Å². The first kappa shape index (κ1) is 17.0. The van der Waals surface area contributed by atoms with Crippen molar-refractivity contribution in [1.82, 2.24) is 5.43 Å². The van der Waals surface area contributed by atoms with Crippen LogP contribution in [0.1, 0.15) is 15.9 Å². The van der Waals surface area contributed by atoms with Crippen molar-refractivity contribution in [2.45, 2.75) is 0 Å². The van der Waals surface area contributed by atoms with E-state index in [9.17, 15) is 9.59 Å². The zero-order chi connectivity index (χ0) is 16.8.